The molecule has 0 heterocycles. The molecule has 4 heteroatoms. The molecule has 9 heavy (non-hydrogen) atoms. The SMILES string of the molecule is C[C@@H](N)C[C@H](N)C(=O)O. The summed E-state index contributed by atoms with van der Waals surface area (Å²) in [6.07, 6.45) is 0.329. The van der Waals surface area contributed by atoms with Crippen molar-refractivity contribution in [1.82, 2.24) is 0 Å². The van der Waals surface area contributed by atoms with Gasteiger partial charge in [-0.3, -0.25) is 4.79 Å². The lowest BCUT2D eigenvalue weighted by Crippen LogP contribution is -2.35. The van der Waals surface area contributed by atoms with Crippen molar-refractivity contribution in [2.24, 2.45) is 11.5 Å². The van der Waals surface area contributed by atoms with Crippen LogP contribution in [0.4, 0.5) is 0 Å². The minimum Gasteiger partial charge on any atom is -0.480 e. The molecule has 5 N–H and O–H groups in total. The minimum absolute atomic E-state index is 0.143. The first-order valence-corrected chi connectivity index (χ1v) is 2.78. The third-order valence-corrected chi connectivity index (χ3v) is 0.943. The van der Waals surface area contributed by atoms with Gasteiger partial charge >= 0.3 is 5.97 Å². The van der Waals surface area contributed by atoms with Gasteiger partial charge in [-0.05, 0) is 13.3 Å². The number of carboxylic acids is 1. The van der Waals surface area contributed by atoms with E-state index in [1.165, 1.54) is 0 Å². The van der Waals surface area contributed by atoms with E-state index in [-0.39, 0.29) is 6.04 Å². The van der Waals surface area contributed by atoms with Gasteiger partial charge < -0.3 is 16.6 Å². The molecule has 0 radical (unpaired) electrons. The van der Waals surface area contributed by atoms with Crippen LogP contribution >= 0.6 is 0 Å². The van der Waals surface area contributed by atoms with Crippen LogP contribution in [0.2, 0.25) is 0 Å². The highest BCUT2D eigenvalue weighted by Gasteiger charge is 2.12. The molecule has 0 rings (SSSR count). The van der Waals surface area contributed by atoms with Gasteiger partial charge in [0, 0.05) is 6.04 Å². The minimum atomic E-state index is -0.993. The van der Waals surface area contributed by atoms with Crippen LogP contribution in [0.1, 0.15) is 13.3 Å². The van der Waals surface area contributed by atoms with E-state index in [1.807, 2.05) is 0 Å². The molecule has 54 valence electrons. The molecule has 0 saturated heterocycles. The van der Waals surface area contributed by atoms with Crippen LogP contribution < -0.4 is 11.5 Å². The molecule has 0 unspecified atom stereocenters. The van der Waals surface area contributed by atoms with E-state index in [0.717, 1.165) is 0 Å². The second-order valence-electron chi connectivity index (χ2n) is 2.16. The Kier molecular flexibility index (Phi) is 3.19. The molecule has 0 aliphatic heterocycles. The van der Waals surface area contributed by atoms with E-state index in [0.29, 0.717) is 6.42 Å². The summed E-state index contributed by atoms with van der Waals surface area (Å²) in [6.45, 7) is 1.72. The van der Waals surface area contributed by atoms with E-state index in [1.54, 1.807) is 6.92 Å². The van der Waals surface area contributed by atoms with E-state index < -0.39 is 12.0 Å². The van der Waals surface area contributed by atoms with Gasteiger partial charge in [0.05, 0.1) is 0 Å². The summed E-state index contributed by atoms with van der Waals surface area (Å²) >= 11 is 0. The Labute approximate surface area is 53.8 Å². The Morgan fingerprint density at radius 2 is 2.11 bits per heavy atom. The van der Waals surface area contributed by atoms with Crippen LogP contribution in [0.25, 0.3) is 0 Å². The van der Waals surface area contributed by atoms with Crippen LogP contribution in [-0.2, 0) is 4.79 Å². The Hall–Kier alpha value is -0.610. The van der Waals surface area contributed by atoms with E-state index in [9.17, 15) is 4.79 Å². The highest BCUT2D eigenvalue weighted by molar-refractivity contribution is 5.73. The second kappa shape index (κ2) is 3.42. The topological polar surface area (TPSA) is 89.3 Å². The highest BCUT2D eigenvalue weighted by atomic mass is 16.4. The molecule has 0 aromatic rings. The molecule has 0 fully saturated rings. The lowest BCUT2D eigenvalue weighted by molar-refractivity contribution is -0.138. The molecule has 0 aliphatic rings. The Morgan fingerprint density at radius 3 is 2.22 bits per heavy atom. The fourth-order valence-electron chi connectivity index (χ4n) is 0.501. The van der Waals surface area contributed by atoms with E-state index >= 15 is 0 Å². The predicted molar refractivity (Wildman–Crippen MR) is 33.9 cm³/mol. The standard InChI is InChI=1S/C5H12N2O2/c1-3(6)2-4(7)5(8)9/h3-4H,2,6-7H2,1H3,(H,8,9)/t3-,4+/m1/s1. The summed E-state index contributed by atoms with van der Waals surface area (Å²) < 4.78 is 0. The Balaban J connectivity index is 3.50. The van der Waals surface area contributed by atoms with Gasteiger partial charge in [-0.25, -0.2) is 0 Å². The maximum Gasteiger partial charge on any atom is 0.320 e. The van der Waals surface area contributed by atoms with Gasteiger partial charge in [0.15, 0.2) is 0 Å². The molecular formula is C5H12N2O2. The first-order chi connectivity index (χ1) is 4.04. The molecule has 0 saturated carbocycles. The molecule has 0 aliphatic carbocycles. The zero-order valence-electron chi connectivity index (χ0n) is 5.37. The smallest absolute Gasteiger partial charge is 0.320 e. The van der Waals surface area contributed by atoms with Gasteiger partial charge in [-0.1, -0.05) is 0 Å². The van der Waals surface area contributed by atoms with Crippen LogP contribution in [0.5, 0.6) is 0 Å². The molecule has 0 spiro atoms. The molecule has 2 atom stereocenters. The molecule has 0 amide bonds. The van der Waals surface area contributed by atoms with Crippen molar-refractivity contribution >= 4 is 5.97 Å². The van der Waals surface area contributed by atoms with Gasteiger partial charge in [-0.2, -0.15) is 0 Å². The highest BCUT2D eigenvalue weighted by Crippen LogP contribution is 1.90. The maximum atomic E-state index is 10.1. The average molecular weight is 132 g/mol. The summed E-state index contributed by atoms with van der Waals surface area (Å²) in [5.74, 6) is -0.993. The lowest BCUT2D eigenvalue weighted by Gasteiger charge is -2.07. The normalized spacial score (nSPS) is 16.8. The van der Waals surface area contributed by atoms with Crippen molar-refractivity contribution in [2.45, 2.75) is 25.4 Å². The molecular weight excluding hydrogens is 120 g/mol. The average Bonchev–Trinajstić information content (AvgIpc) is 1.63. The van der Waals surface area contributed by atoms with Gasteiger partial charge in [-0.15, -0.1) is 0 Å². The third-order valence-electron chi connectivity index (χ3n) is 0.943. The van der Waals surface area contributed by atoms with Crippen LogP contribution in [0.15, 0.2) is 0 Å². The third kappa shape index (κ3) is 3.93. The van der Waals surface area contributed by atoms with Crippen LogP contribution in [0, 0.1) is 0 Å². The summed E-state index contributed by atoms with van der Waals surface area (Å²) in [4.78, 5) is 10.1. The monoisotopic (exact) mass is 132 g/mol. The number of hydrogen-bond donors (Lipinski definition) is 3. The van der Waals surface area contributed by atoms with Crippen molar-refractivity contribution in [3.05, 3.63) is 0 Å². The fraction of sp³-hybridized carbons (Fsp3) is 0.800. The summed E-state index contributed by atoms with van der Waals surface area (Å²) in [5, 5.41) is 8.25. The van der Waals surface area contributed by atoms with Crippen molar-refractivity contribution in [3.63, 3.8) is 0 Å². The van der Waals surface area contributed by atoms with E-state index in [2.05, 4.69) is 0 Å². The second-order valence-corrected chi connectivity index (χ2v) is 2.16. The van der Waals surface area contributed by atoms with E-state index in [4.69, 9.17) is 16.6 Å². The number of hydrogen-bond acceptors (Lipinski definition) is 3. The largest absolute Gasteiger partial charge is 0.480 e. The molecule has 0 aromatic heterocycles. The van der Waals surface area contributed by atoms with Crippen molar-refractivity contribution in [3.8, 4) is 0 Å². The van der Waals surface area contributed by atoms with Gasteiger partial charge in [0.2, 0.25) is 0 Å². The first kappa shape index (κ1) is 8.39. The molecule has 4 nitrogen and oxygen atoms in total. The lowest BCUT2D eigenvalue weighted by atomic mass is 10.1. The zero-order chi connectivity index (χ0) is 7.44. The number of rotatable bonds is 3. The van der Waals surface area contributed by atoms with Crippen LogP contribution in [-0.4, -0.2) is 23.2 Å². The van der Waals surface area contributed by atoms with Gasteiger partial charge in [0.1, 0.15) is 6.04 Å². The summed E-state index contributed by atoms with van der Waals surface area (Å²) in [6, 6.07) is -0.957. The summed E-state index contributed by atoms with van der Waals surface area (Å²) in [7, 11) is 0. The van der Waals surface area contributed by atoms with Crippen LogP contribution in [0.3, 0.4) is 0 Å². The molecule has 0 aromatic carbocycles. The predicted octanol–water partition coefficient (Wildman–Crippen LogP) is -0.864. The summed E-state index contributed by atoms with van der Waals surface area (Å²) in [5.41, 5.74) is 10.4. The van der Waals surface area contributed by atoms with Crippen molar-refractivity contribution < 1.29 is 9.90 Å². The Bertz CT molecular complexity index is 103. The maximum absolute atomic E-state index is 10.1. The number of aliphatic carboxylic acids is 1. The quantitative estimate of drug-likeness (QED) is 0.466. The fourth-order valence-corrected chi connectivity index (χ4v) is 0.501. The van der Waals surface area contributed by atoms with Gasteiger partial charge in [0.25, 0.3) is 0 Å². The number of carboxylic acid groups (broad SMARTS) is 1. The number of nitrogens with two attached hydrogens (primary N) is 2. The zero-order valence-corrected chi connectivity index (χ0v) is 5.37. The van der Waals surface area contributed by atoms with Crippen molar-refractivity contribution in [1.29, 1.82) is 0 Å². The number of carbonyl (C=O) groups is 1. The molecule has 0 bridgehead atoms. The Morgan fingerprint density at radius 1 is 1.67 bits per heavy atom. The van der Waals surface area contributed by atoms with Crippen molar-refractivity contribution in [2.75, 3.05) is 0 Å². The first-order valence-electron chi connectivity index (χ1n) is 2.78.